The third kappa shape index (κ3) is 6.73. The predicted octanol–water partition coefficient (Wildman–Crippen LogP) is 3.79. The van der Waals surface area contributed by atoms with E-state index in [4.69, 9.17) is 4.74 Å². The van der Waals surface area contributed by atoms with E-state index in [0.717, 1.165) is 30.4 Å². The van der Waals surface area contributed by atoms with E-state index in [2.05, 4.69) is 0 Å². The lowest BCUT2D eigenvalue weighted by Crippen LogP contribution is -2.17. The molecule has 0 unspecified atom stereocenters. The van der Waals surface area contributed by atoms with Gasteiger partial charge in [-0.1, -0.05) is 12.1 Å². The summed E-state index contributed by atoms with van der Waals surface area (Å²) in [5, 5.41) is 37.8. The molecule has 0 radical (unpaired) electrons. The highest BCUT2D eigenvalue weighted by Crippen LogP contribution is 2.27. The molecule has 0 aliphatic heterocycles. The van der Waals surface area contributed by atoms with Gasteiger partial charge < -0.3 is 25.2 Å². The van der Waals surface area contributed by atoms with Gasteiger partial charge in [-0.25, -0.2) is 0 Å². The second kappa shape index (κ2) is 9.71. The molecule has 6 heteroatoms. The average molecular weight is 374 g/mol. The van der Waals surface area contributed by atoms with Crippen LogP contribution in [0, 0.1) is 0 Å². The first-order valence-corrected chi connectivity index (χ1v) is 9.04. The van der Waals surface area contributed by atoms with E-state index in [1.54, 1.807) is 18.2 Å². The highest BCUT2D eigenvalue weighted by atomic mass is 16.5. The quantitative estimate of drug-likeness (QED) is 0.302. The minimum absolute atomic E-state index is 0.123. The normalized spacial score (nSPS) is 11.9. The lowest BCUT2D eigenvalue weighted by molar-refractivity contribution is -0.147. The molecule has 0 heterocycles. The molecule has 0 fully saturated rings. The summed E-state index contributed by atoms with van der Waals surface area (Å²) in [6.07, 6.45) is 4.22. The van der Waals surface area contributed by atoms with Gasteiger partial charge in [-0.15, -0.1) is 0 Å². The van der Waals surface area contributed by atoms with Gasteiger partial charge in [0.15, 0.2) is 23.0 Å². The number of rotatable bonds is 9. The summed E-state index contributed by atoms with van der Waals surface area (Å²) in [4.78, 5) is 11.3. The van der Waals surface area contributed by atoms with Crippen LogP contribution in [-0.2, 0) is 22.4 Å². The van der Waals surface area contributed by atoms with Gasteiger partial charge in [-0.2, -0.15) is 0 Å². The molecule has 0 amide bonds. The van der Waals surface area contributed by atoms with Crippen molar-refractivity contribution in [3.05, 3.63) is 47.5 Å². The highest BCUT2D eigenvalue weighted by Gasteiger charge is 2.13. The van der Waals surface area contributed by atoms with Gasteiger partial charge in [0.05, 0.1) is 0 Å². The number of aromatic hydroxyl groups is 4. The van der Waals surface area contributed by atoms with Gasteiger partial charge in [-0.05, 0) is 73.9 Å². The van der Waals surface area contributed by atoms with Crippen molar-refractivity contribution in [1.29, 1.82) is 0 Å². The highest BCUT2D eigenvalue weighted by molar-refractivity contribution is 5.66. The van der Waals surface area contributed by atoms with Crippen molar-refractivity contribution in [1.82, 2.24) is 0 Å². The van der Waals surface area contributed by atoms with Crippen LogP contribution in [0.15, 0.2) is 36.4 Å². The van der Waals surface area contributed by atoms with Gasteiger partial charge in [0.2, 0.25) is 0 Å². The smallest absolute Gasteiger partial charge is 0.302 e. The maximum absolute atomic E-state index is 11.3. The first kappa shape index (κ1) is 20.4. The van der Waals surface area contributed by atoms with E-state index in [9.17, 15) is 25.2 Å². The Morgan fingerprint density at radius 2 is 1.37 bits per heavy atom. The molecule has 2 aromatic rings. The van der Waals surface area contributed by atoms with Crippen LogP contribution in [0.1, 0.15) is 43.7 Å². The number of benzene rings is 2. The molecule has 0 aliphatic rings. The second-order valence-corrected chi connectivity index (χ2v) is 6.66. The number of esters is 1. The van der Waals surface area contributed by atoms with Crippen LogP contribution in [0.3, 0.4) is 0 Å². The number of aryl methyl sites for hydroxylation is 2. The second-order valence-electron chi connectivity index (χ2n) is 6.66. The molecule has 0 bridgehead atoms. The number of phenolic OH excluding ortho intramolecular Hbond substituents is 4. The molecule has 27 heavy (non-hydrogen) atoms. The zero-order valence-corrected chi connectivity index (χ0v) is 15.4. The Balaban J connectivity index is 1.81. The maximum Gasteiger partial charge on any atom is 0.302 e. The summed E-state index contributed by atoms with van der Waals surface area (Å²) in [5.41, 5.74) is 1.80. The first-order chi connectivity index (χ1) is 12.8. The summed E-state index contributed by atoms with van der Waals surface area (Å²) in [7, 11) is 0. The Morgan fingerprint density at radius 1 is 0.815 bits per heavy atom. The van der Waals surface area contributed by atoms with Crippen LogP contribution < -0.4 is 0 Å². The van der Waals surface area contributed by atoms with Crippen molar-refractivity contribution >= 4 is 5.97 Å². The van der Waals surface area contributed by atoms with Crippen molar-refractivity contribution < 1.29 is 30.0 Å². The van der Waals surface area contributed by atoms with Crippen LogP contribution >= 0.6 is 0 Å². The first-order valence-electron chi connectivity index (χ1n) is 9.04. The molecular weight excluding hydrogens is 348 g/mol. The van der Waals surface area contributed by atoms with Crippen molar-refractivity contribution in [2.45, 2.75) is 51.6 Å². The monoisotopic (exact) mass is 374 g/mol. The Bertz CT molecular complexity index is 771. The molecule has 0 aromatic heterocycles. The number of carbonyl (C=O) groups is 1. The van der Waals surface area contributed by atoms with Crippen molar-refractivity contribution in [2.24, 2.45) is 0 Å². The van der Waals surface area contributed by atoms with E-state index in [1.807, 2.05) is 0 Å². The molecule has 0 spiro atoms. The fourth-order valence-corrected chi connectivity index (χ4v) is 2.97. The third-order valence-electron chi connectivity index (χ3n) is 4.41. The van der Waals surface area contributed by atoms with Crippen molar-refractivity contribution in [3.8, 4) is 23.0 Å². The van der Waals surface area contributed by atoms with E-state index < -0.39 is 0 Å². The summed E-state index contributed by atoms with van der Waals surface area (Å²) >= 11 is 0. The van der Waals surface area contributed by atoms with Gasteiger partial charge in [0, 0.05) is 6.92 Å². The van der Waals surface area contributed by atoms with E-state index in [0.29, 0.717) is 19.3 Å². The van der Waals surface area contributed by atoms with Crippen LogP contribution in [-0.4, -0.2) is 32.5 Å². The Hall–Kier alpha value is -2.89. The standard InChI is InChI=1S/C21H26O6/c1-14(22)27-17(9-6-16-8-11-19(24)21(26)13-16)5-3-2-4-15-7-10-18(23)20(25)12-15/h7-8,10-13,17,23-26H,2-6,9H2,1H3/t17-/m1/s1. The van der Waals surface area contributed by atoms with Gasteiger partial charge in [0.1, 0.15) is 6.10 Å². The third-order valence-corrected chi connectivity index (χ3v) is 4.41. The zero-order chi connectivity index (χ0) is 19.8. The molecule has 4 N–H and O–H groups in total. The molecule has 2 aromatic carbocycles. The molecule has 1 atom stereocenters. The van der Waals surface area contributed by atoms with E-state index >= 15 is 0 Å². The number of phenols is 4. The van der Waals surface area contributed by atoms with Crippen LogP contribution in [0.25, 0.3) is 0 Å². The molecule has 2 rings (SSSR count). The van der Waals surface area contributed by atoms with Crippen molar-refractivity contribution in [3.63, 3.8) is 0 Å². The summed E-state index contributed by atoms with van der Waals surface area (Å²) < 4.78 is 5.39. The van der Waals surface area contributed by atoms with Crippen LogP contribution in [0.2, 0.25) is 0 Å². The Kier molecular flexibility index (Phi) is 7.34. The topological polar surface area (TPSA) is 107 Å². The molecule has 146 valence electrons. The van der Waals surface area contributed by atoms with Gasteiger partial charge in [-0.3, -0.25) is 4.79 Å². The lowest BCUT2D eigenvalue weighted by Gasteiger charge is -2.17. The minimum atomic E-state index is -0.322. The number of unbranched alkanes of at least 4 members (excludes halogenated alkanes) is 1. The largest absolute Gasteiger partial charge is 0.504 e. The SMILES string of the molecule is CC(=O)O[C@H](CCCCc1ccc(O)c(O)c1)CCc1ccc(O)c(O)c1. The average Bonchev–Trinajstić information content (AvgIpc) is 2.61. The number of carbonyl (C=O) groups excluding carboxylic acids is 1. The summed E-state index contributed by atoms with van der Waals surface area (Å²) in [6.45, 7) is 1.39. The van der Waals surface area contributed by atoms with Crippen molar-refractivity contribution in [2.75, 3.05) is 0 Å². The van der Waals surface area contributed by atoms with Gasteiger partial charge in [0.25, 0.3) is 0 Å². The number of ether oxygens (including phenoxy) is 1. The zero-order valence-electron chi connectivity index (χ0n) is 15.4. The number of hydrogen-bond acceptors (Lipinski definition) is 6. The number of hydrogen-bond donors (Lipinski definition) is 4. The van der Waals surface area contributed by atoms with E-state index in [-0.39, 0.29) is 35.1 Å². The van der Waals surface area contributed by atoms with Crippen LogP contribution in [0.4, 0.5) is 0 Å². The minimum Gasteiger partial charge on any atom is -0.504 e. The Morgan fingerprint density at radius 3 is 1.89 bits per heavy atom. The molecule has 0 saturated heterocycles. The molecule has 6 nitrogen and oxygen atoms in total. The van der Waals surface area contributed by atoms with E-state index in [1.165, 1.54) is 25.1 Å². The molecule has 0 saturated carbocycles. The Labute approximate surface area is 158 Å². The summed E-state index contributed by atoms with van der Waals surface area (Å²) in [6, 6.07) is 9.48. The summed E-state index contributed by atoms with van der Waals surface area (Å²) in [5.74, 6) is -0.891. The predicted molar refractivity (Wildman–Crippen MR) is 101 cm³/mol. The fourth-order valence-electron chi connectivity index (χ4n) is 2.97. The molecule has 0 aliphatic carbocycles. The molecular formula is C21H26O6. The maximum atomic E-state index is 11.3. The fraction of sp³-hybridized carbons (Fsp3) is 0.381. The lowest BCUT2D eigenvalue weighted by atomic mass is 10.0. The van der Waals surface area contributed by atoms with Gasteiger partial charge >= 0.3 is 5.97 Å². The van der Waals surface area contributed by atoms with Crippen LogP contribution in [0.5, 0.6) is 23.0 Å².